The van der Waals surface area contributed by atoms with Crippen molar-refractivity contribution in [1.29, 1.82) is 5.26 Å². The number of benzene rings is 1. The molecule has 1 unspecified atom stereocenters. The highest BCUT2D eigenvalue weighted by Crippen LogP contribution is 2.23. The Kier molecular flexibility index (Phi) is 3.53. The lowest BCUT2D eigenvalue weighted by Crippen LogP contribution is -2.01. The van der Waals surface area contributed by atoms with E-state index in [4.69, 9.17) is 0 Å². The van der Waals surface area contributed by atoms with Gasteiger partial charge in [0.15, 0.2) is 0 Å². The highest BCUT2D eigenvalue weighted by molar-refractivity contribution is 5.38. The molecule has 1 aromatic heterocycles. The van der Waals surface area contributed by atoms with Gasteiger partial charge in [-0.05, 0) is 18.6 Å². The van der Waals surface area contributed by atoms with Gasteiger partial charge in [-0.3, -0.25) is 15.1 Å². The standard InChI is InChI=1S/C14H11N3O2/c1-10-2-4-11(5-3-10)13(8-15)14-7-6-12(9-16-14)17(18)19/h2-7,9,13H,1H3. The predicted octanol–water partition coefficient (Wildman–Crippen LogP) is 2.95. The van der Waals surface area contributed by atoms with Crippen molar-refractivity contribution >= 4 is 5.69 Å². The normalized spacial score (nSPS) is 11.6. The van der Waals surface area contributed by atoms with Crippen molar-refractivity contribution in [2.45, 2.75) is 12.8 Å². The Labute approximate surface area is 110 Å². The molecule has 0 aliphatic rings. The maximum atomic E-state index is 10.6. The molecule has 0 saturated heterocycles. The largest absolute Gasteiger partial charge is 0.287 e. The Bertz CT molecular complexity index is 627. The van der Waals surface area contributed by atoms with Crippen LogP contribution in [0.1, 0.15) is 22.7 Å². The smallest absolute Gasteiger partial charge is 0.258 e. The van der Waals surface area contributed by atoms with Crippen LogP contribution in [0.3, 0.4) is 0 Å². The van der Waals surface area contributed by atoms with E-state index < -0.39 is 10.8 Å². The highest BCUT2D eigenvalue weighted by atomic mass is 16.6. The number of nitriles is 1. The Hall–Kier alpha value is -2.74. The Morgan fingerprint density at radius 2 is 1.95 bits per heavy atom. The van der Waals surface area contributed by atoms with Crippen LogP contribution in [0.2, 0.25) is 0 Å². The van der Waals surface area contributed by atoms with Crippen LogP contribution >= 0.6 is 0 Å². The Balaban J connectivity index is 2.35. The number of pyridine rings is 1. The Morgan fingerprint density at radius 3 is 2.42 bits per heavy atom. The van der Waals surface area contributed by atoms with Gasteiger partial charge >= 0.3 is 0 Å². The van der Waals surface area contributed by atoms with Crippen LogP contribution in [-0.4, -0.2) is 9.91 Å². The summed E-state index contributed by atoms with van der Waals surface area (Å²) in [4.78, 5) is 14.1. The molecule has 1 aromatic carbocycles. The van der Waals surface area contributed by atoms with E-state index in [1.54, 1.807) is 0 Å². The minimum absolute atomic E-state index is 0.0793. The molecule has 2 aromatic rings. The van der Waals surface area contributed by atoms with Gasteiger partial charge in [-0.2, -0.15) is 5.26 Å². The van der Waals surface area contributed by atoms with Gasteiger partial charge in [0.1, 0.15) is 12.1 Å². The summed E-state index contributed by atoms with van der Waals surface area (Å²) in [7, 11) is 0. The van der Waals surface area contributed by atoms with Gasteiger partial charge in [0.2, 0.25) is 0 Å². The molecule has 0 bridgehead atoms. The molecule has 94 valence electrons. The summed E-state index contributed by atoms with van der Waals surface area (Å²) in [6.07, 6.45) is 1.17. The third kappa shape index (κ3) is 2.75. The number of hydrogen-bond donors (Lipinski definition) is 0. The van der Waals surface area contributed by atoms with E-state index in [2.05, 4.69) is 11.1 Å². The first-order valence-corrected chi connectivity index (χ1v) is 5.68. The fourth-order valence-electron chi connectivity index (χ4n) is 1.75. The summed E-state index contributed by atoms with van der Waals surface area (Å²) in [5, 5.41) is 19.8. The van der Waals surface area contributed by atoms with Gasteiger partial charge in [0, 0.05) is 6.07 Å². The molecule has 0 radical (unpaired) electrons. The summed E-state index contributed by atoms with van der Waals surface area (Å²) < 4.78 is 0. The molecule has 0 N–H and O–H groups in total. The van der Waals surface area contributed by atoms with E-state index in [0.29, 0.717) is 5.69 Å². The van der Waals surface area contributed by atoms with Crippen molar-refractivity contribution in [3.8, 4) is 6.07 Å². The van der Waals surface area contributed by atoms with Crippen LogP contribution in [-0.2, 0) is 0 Å². The average molecular weight is 253 g/mol. The summed E-state index contributed by atoms with van der Waals surface area (Å²) in [6.45, 7) is 1.97. The van der Waals surface area contributed by atoms with Crippen LogP contribution in [0.25, 0.3) is 0 Å². The lowest BCUT2D eigenvalue weighted by Gasteiger charge is -2.08. The second kappa shape index (κ2) is 5.27. The third-order valence-corrected chi connectivity index (χ3v) is 2.82. The summed E-state index contributed by atoms with van der Waals surface area (Å²) in [6, 6.07) is 12.6. The van der Waals surface area contributed by atoms with Gasteiger partial charge in [0.05, 0.1) is 16.7 Å². The molecule has 19 heavy (non-hydrogen) atoms. The first kappa shape index (κ1) is 12.7. The lowest BCUT2D eigenvalue weighted by molar-refractivity contribution is -0.385. The molecule has 0 fully saturated rings. The maximum Gasteiger partial charge on any atom is 0.287 e. The molecule has 1 atom stereocenters. The zero-order valence-corrected chi connectivity index (χ0v) is 10.3. The lowest BCUT2D eigenvalue weighted by atomic mass is 9.96. The molecule has 0 spiro atoms. The van der Waals surface area contributed by atoms with Crippen LogP contribution in [0.4, 0.5) is 5.69 Å². The quantitative estimate of drug-likeness (QED) is 0.622. The zero-order chi connectivity index (χ0) is 13.8. The molecule has 0 aliphatic carbocycles. The van der Waals surface area contributed by atoms with Crippen molar-refractivity contribution in [2.75, 3.05) is 0 Å². The SMILES string of the molecule is Cc1ccc(C(C#N)c2ccc([N+](=O)[O-])cn2)cc1. The molecule has 5 heteroatoms. The zero-order valence-electron chi connectivity index (χ0n) is 10.3. The van der Waals surface area contributed by atoms with E-state index in [1.807, 2.05) is 31.2 Å². The van der Waals surface area contributed by atoms with Crippen molar-refractivity contribution in [3.63, 3.8) is 0 Å². The number of aromatic nitrogens is 1. The molecule has 2 rings (SSSR count). The number of nitro groups is 1. The van der Waals surface area contributed by atoms with Crippen molar-refractivity contribution < 1.29 is 4.92 Å². The van der Waals surface area contributed by atoms with Crippen LogP contribution in [0.15, 0.2) is 42.6 Å². The second-order valence-corrected chi connectivity index (χ2v) is 4.17. The van der Waals surface area contributed by atoms with Gasteiger partial charge < -0.3 is 0 Å². The summed E-state index contributed by atoms with van der Waals surface area (Å²) >= 11 is 0. The fourth-order valence-corrected chi connectivity index (χ4v) is 1.75. The minimum atomic E-state index is -0.513. The first-order chi connectivity index (χ1) is 9.11. The fraction of sp³-hybridized carbons (Fsp3) is 0.143. The first-order valence-electron chi connectivity index (χ1n) is 5.68. The molecule has 5 nitrogen and oxygen atoms in total. The molecule has 0 amide bonds. The maximum absolute atomic E-state index is 10.6. The predicted molar refractivity (Wildman–Crippen MR) is 69.5 cm³/mol. The average Bonchev–Trinajstić information content (AvgIpc) is 2.42. The minimum Gasteiger partial charge on any atom is -0.258 e. The number of rotatable bonds is 3. The molecule has 0 aliphatic heterocycles. The van der Waals surface area contributed by atoms with E-state index >= 15 is 0 Å². The molecule has 0 saturated carbocycles. The van der Waals surface area contributed by atoms with Gasteiger partial charge in [0.25, 0.3) is 5.69 Å². The van der Waals surface area contributed by atoms with E-state index in [1.165, 1.54) is 18.3 Å². The Morgan fingerprint density at radius 1 is 1.26 bits per heavy atom. The third-order valence-electron chi connectivity index (χ3n) is 2.82. The number of aryl methyl sites for hydroxylation is 1. The van der Waals surface area contributed by atoms with E-state index in [0.717, 1.165) is 11.1 Å². The van der Waals surface area contributed by atoms with E-state index in [9.17, 15) is 15.4 Å². The topological polar surface area (TPSA) is 79.8 Å². The van der Waals surface area contributed by atoms with E-state index in [-0.39, 0.29) is 5.69 Å². The molecular weight excluding hydrogens is 242 g/mol. The van der Waals surface area contributed by atoms with Crippen LogP contribution in [0.5, 0.6) is 0 Å². The van der Waals surface area contributed by atoms with Gasteiger partial charge in [-0.25, -0.2) is 0 Å². The van der Waals surface area contributed by atoms with Crippen molar-refractivity contribution in [3.05, 3.63) is 69.5 Å². The summed E-state index contributed by atoms with van der Waals surface area (Å²) in [5.74, 6) is -0.513. The summed E-state index contributed by atoms with van der Waals surface area (Å²) in [5.41, 5.74) is 2.37. The second-order valence-electron chi connectivity index (χ2n) is 4.17. The number of nitrogens with zero attached hydrogens (tertiary/aromatic N) is 3. The van der Waals surface area contributed by atoms with Gasteiger partial charge in [-0.1, -0.05) is 29.8 Å². The van der Waals surface area contributed by atoms with Crippen LogP contribution < -0.4 is 0 Å². The van der Waals surface area contributed by atoms with Crippen LogP contribution in [0, 0.1) is 28.4 Å². The molecule has 1 heterocycles. The van der Waals surface area contributed by atoms with Crippen molar-refractivity contribution in [2.24, 2.45) is 0 Å². The number of hydrogen-bond acceptors (Lipinski definition) is 4. The van der Waals surface area contributed by atoms with Gasteiger partial charge in [-0.15, -0.1) is 0 Å². The highest BCUT2D eigenvalue weighted by Gasteiger charge is 2.16. The molecular formula is C14H11N3O2. The van der Waals surface area contributed by atoms with Crippen molar-refractivity contribution in [1.82, 2.24) is 4.98 Å². The monoisotopic (exact) mass is 253 g/mol.